The maximum absolute atomic E-state index is 12.7. The maximum atomic E-state index is 12.7. The van der Waals surface area contributed by atoms with E-state index >= 15 is 0 Å². The van der Waals surface area contributed by atoms with Crippen molar-refractivity contribution < 1.29 is 4.79 Å². The molecule has 0 bridgehead atoms. The van der Waals surface area contributed by atoms with Crippen molar-refractivity contribution >= 4 is 17.5 Å². The van der Waals surface area contributed by atoms with Crippen molar-refractivity contribution in [1.82, 2.24) is 20.0 Å². The van der Waals surface area contributed by atoms with Crippen LogP contribution in [0.3, 0.4) is 0 Å². The summed E-state index contributed by atoms with van der Waals surface area (Å²) in [6.07, 6.45) is 5.74. The number of para-hydroxylation sites is 1. The van der Waals surface area contributed by atoms with E-state index in [1.165, 1.54) is 12.8 Å². The van der Waals surface area contributed by atoms with E-state index in [2.05, 4.69) is 21.4 Å². The van der Waals surface area contributed by atoms with Gasteiger partial charge in [0.2, 0.25) is 0 Å². The Morgan fingerprint density at radius 3 is 2.64 bits per heavy atom. The van der Waals surface area contributed by atoms with Crippen LogP contribution in [-0.2, 0) is 0 Å². The van der Waals surface area contributed by atoms with Gasteiger partial charge in [0.15, 0.2) is 0 Å². The van der Waals surface area contributed by atoms with Gasteiger partial charge in [0, 0.05) is 17.8 Å². The summed E-state index contributed by atoms with van der Waals surface area (Å²) in [5.74, 6) is -0.117. The quantitative estimate of drug-likeness (QED) is 0.685. The zero-order chi connectivity index (χ0) is 19.3. The number of nitrogens with one attached hydrogen (secondary N) is 1. The molecule has 1 fully saturated rings. The summed E-state index contributed by atoms with van der Waals surface area (Å²) in [5, 5.41) is 8.11. The molecule has 0 unspecified atom stereocenters. The molecule has 144 valence electrons. The molecule has 1 atom stereocenters. The number of likely N-dealkylation sites (tertiary alicyclic amines) is 1. The smallest absolute Gasteiger partial charge is 0.254 e. The molecule has 28 heavy (non-hydrogen) atoms. The fraction of sp³-hybridized carbons (Fsp3) is 0.273. The van der Waals surface area contributed by atoms with Gasteiger partial charge in [-0.25, -0.2) is 4.68 Å². The Bertz CT molecular complexity index is 934. The van der Waals surface area contributed by atoms with Crippen LogP contribution in [0.2, 0.25) is 5.02 Å². The first-order chi connectivity index (χ1) is 13.7. The molecule has 1 aromatic heterocycles. The number of carbonyl (C=O) groups excluding carboxylic acids is 1. The highest BCUT2D eigenvalue weighted by molar-refractivity contribution is 6.30. The summed E-state index contributed by atoms with van der Waals surface area (Å²) in [6, 6.07) is 17.8. The molecule has 0 aliphatic carbocycles. The van der Waals surface area contributed by atoms with Gasteiger partial charge in [0.25, 0.3) is 5.91 Å². The minimum atomic E-state index is -0.117. The third-order valence-electron chi connectivity index (χ3n) is 5.14. The minimum Gasteiger partial charge on any atom is -0.350 e. The van der Waals surface area contributed by atoms with E-state index < -0.39 is 0 Å². The largest absolute Gasteiger partial charge is 0.350 e. The molecule has 6 heteroatoms. The number of aromatic nitrogens is 2. The minimum absolute atomic E-state index is 0.117. The third kappa shape index (κ3) is 4.26. The number of halogens is 1. The number of nitrogens with zero attached hydrogens (tertiary/aromatic N) is 3. The van der Waals surface area contributed by atoms with Crippen molar-refractivity contribution in [2.24, 2.45) is 0 Å². The maximum Gasteiger partial charge on any atom is 0.254 e. The number of carbonyl (C=O) groups is 1. The van der Waals surface area contributed by atoms with E-state index in [9.17, 15) is 4.79 Å². The summed E-state index contributed by atoms with van der Waals surface area (Å²) in [7, 11) is 0. The summed E-state index contributed by atoms with van der Waals surface area (Å²) < 4.78 is 1.71. The molecule has 4 rings (SSSR count). The molecular weight excluding hydrogens is 372 g/mol. The zero-order valence-corrected chi connectivity index (χ0v) is 16.3. The van der Waals surface area contributed by atoms with Crippen molar-refractivity contribution in [3.05, 3.63) is 83.1 Å². The van der Waals surface area contributed by atoms with E-state index in [1.807, 2.05) is 48.5 Å². The summed E-state index contributed by atoms with van der Waals surface area (Å²) in [6.45, 7) is 2.62. The lowest BCUT2D eigenvalue weighted by Crippen LogP contribution is -2.36. The molecule has 5 nitrogen and oxygen atoms in total. The molecule has 2 heterocycles. The molecule has 0 radical (unpaired) electrons. The molecule has 0 saturated carbocycles. The van der Waals surface area contributed by atoms with Crippen LogP contribution in [0.25, 0.3) is 5.69 Å². The van der Waals surface area contributed by atoms with Crippen LogP contribution in [0, 0.1) is 0 Å². The van der Waals surface area contributed by atoms with Crippen molar-refractivity contribution in [3.63, 3.8) is 0 Å². The van der Waals surface area contributed by atoms with Gasteiger partial charge in [-0.15, -0.1) is 0 Å². The monoisotopic (exact) mass is 394 g/mol. The van der Waals surface area contributed by atoms with Crippen LogP contribution in [0.5, 0.6) is 0 Å². The van der Waals surface area contributed by atoms with Crippen molar-refractivity contribution in [2.45, 2.75) is 18.9 Å². The number of hydrogen-bond donors (Lipinski definition) is 1. The first kappa shape index (κ1) is 18.7. The average molecular weight is 395 g/mol. The second-order valence-corrected chi connectivity index (χ2v) is 7.47. The number of hydrogen-bond acceptors (Lipinski definition) is 3. The van der Waals surface area contributed by atoms with Gasteiger partial charge < -0.3 is 5.32 Å². The highest BCUT2D eigenvalue weighted by Gasteiger charge is 2.24. The van der Waals surface area contributed by atoms with E-state index in [-0.39, 0.29) is 11.9 Å². The Hall–Kier alpha value is -2.63. The highest BCUT2D eigenvalue weighted by atomic mass is 35.5. The van der Waals surface area contributed by atoms with Crippen LogP contribution in [0.15, 0.2) is 67.0 Å². The van der Waals surface area contributed by atoms with E-state index in [0.29, 0.717) is 12.1 Å². The van der Waals surface area contributed by atoms with Crippen LogP contribution in [-0.4, -0.2) is 40.2 Å². The average Bonchev–Trinajstić information content (AvgIpc) is 3.41. The normalized spacial score (nSPS) is 15.5. The SMILES string of the molecule is O=C(NC[C@@H](c1cccc(Cl)c1)N1CCCC1)c1cnn(-c2ccccc2)c1. The topological polar surface area (TPSA) is 50.2 Å². The van der Waals surface area contributed by atoms with Crippen LogP contribution >= 0.6 is 11.6 Å². The van der Waals surface area contributed by atoms with E-state index in [0.717, 1.165) is 29.4 Å². The van der Waals surface area contributed by atoms with Crippen LogP contribution in [0.1, 0.15) is 34.8 Å². The van der Waals surface area contributed by atoms with Gasteiger partial charge >= 0.3 is 0 Å². The Morgan fingerprint density at radius 1 is 1.11 bits per heavy atom. The molecule has 2 aromatic carbocycles. The summed E-state index contributed by atoms with van der Waals surface area (Å²) >= 11 is 6.20. The second-order valence-electron chi connectivity index (χ2n) is 7.03. The van der Waals surface area contributed by atoms with Gasteiger partial charge in [0.05, 0.1) is 23.5 Å². The highest BCUT2D eigenvalue weighted by Crippen LogP contribution is 2.26. The Balaban J connectivity index is 1.46. The van der Waals surface area contributed by atoms with Gasteiger partial charge in [-0.1, -0.05) is 41.9 Å². The molecule has 1 aliphatic rings. The van der Waals surface area contributed by atoms with E-state index in [4.69, 9.17) is 11.6 Å². The lowest BCUT2D eigenvalue weighted by molar-refractivity contribution is 0.0938. The van der Waals surface area contributed by atoms with Crippen molar-refractivity contribution in [1.29, 1.82) is 0 Å². The van der Waals surface area contributed by atoms with Crippen LogP contribution < -0.4 is 5.32 Å². The second kappa shape index (κ2) is 8.59. The molecule has 1 saturated heterocycles. The number of amides is 1. The Morgan fingerprint density at radius 2 is 1.89 bits per heavy atom. The van der Waals surface area contributed by atoms with Gasteiger partial charge in [-0.3, -0.25) is 9.69 Å². The van der Waals surface area contributed by atoms with E-state index in [1.54, 1.807) is 17.1 Å². The summed E-state index contributed by atoms with van der Waals surface area (Å²) in [4.78, 5) is 15.1. The summed E-state index contributed by atoms with van der Waals surface area (Å²) in [5.41, 5.74) is 2.61. The molecule has 3 aromatic rings. The molecule has 1 amide bonds. The third-order valence-corrected chi connectivity index (χ3v) is 5.37. The first-order valence-electron chi connectivity index (χ1n) is 9.58. The molecule has 1 aliphatic heterocycles. The fourth-order valence-electron chi connectivity index (χ4n) is 3.68. The predicted octanol–water partition coefficient (Wildman–Crippen LogP) is 4.09. The zero-order valence-electron chi connectivity index (χ0n) is 15.6. The molecular formula is C22H23ClN4O. The standard InChI is InChI=1S/C22H23ClN4O/c23-19-8-6-7-17(13-19)21(26-11-4-5-12-26)15-24-22(28)18-14-25-27(16-18)20-9-2-1-3-10-20/h1-3,6-10,13-14,16,21H,4-5,11-12,15H2,(H,24,28)/t21-/m0/s1. The fourth-order valence-corrected chi connectivity index (χ4v) is 3.88. The van der Waals surface area contributed by atoms with Crippen molar-refractivity contribution in [2.75, 3.05) is 19.6 Å². The van der Waals surface area contributed by atoms with Gasteiger partial charge in [0.1, 0.15) is 0 Å². The predicted molar refractivity (Wildman–Crippen MR) is 111 cm³/mol. The van der Waals surface area contributed by atoms with Crippen LogP contribution in [0.4, 0.5) is 0 Å². The molecule has 1 N–H and O–H groups in total. The van der Waals surface area contributed by atoms with Crippen molar-refractivity contribution in [3.8, 4) is 5.69 Å². The van der Waals surface area contributed by atoms with Gasteiger partial charge in [-0.05, 0) is 55.8 Å². The Kier molecular flexibility index (Phi) is 5.74. The molecule has 0 spiro atoms. The number of rotatable bonds is 6. The lowest BCUT2D eigenvalue weighted by atomic mass is 10.1. The first-order valence-corrected chi connectivity index (χ1v) is 9.96. The number of benzene rings is 2. The Labute approximate surface area is 169 Å². The van der Waals surface area contributed by atoms with Gasteiger partial charge in [-0.2, -0.15) is 5.10 Å². The lowest BCUT2D eigenvalue weighted by Gasteiger charge is -2.28.